The van der Waals surface area contributed by atoms with Gasteiger partial charge in [0, 0.05) is 37.3 Å². The average Bonchev–Trinajstić information content (AvgIpc) is 3.47. The molecule has 1 aliphatic heterocycles. The van der Waals surface area contributed by atoms with Crippen LogP contribution in [0, 0.1) is 24.6 Å². The second kappa shape index (κ2) is 7.56. The monoisotopic (exact) mass is 433 g/mol. The van der Waals surface area contributed by atoms with Gasteiger partial charge in [-0.3, -0.25) is 9.36 Å². The van der Waals surface area contributed by atoms with E-state index in [1.165, 1.54) is 10.6 Å². The third-order valence-corrected chi connectivity index (χ3v) is 6.53. The number of halogens is 1. The number of nitrogen functional groups attached to an aromatic ring is 1. The van der Waals surface area contributed by atoms with Crippen LogP contribution in [-0.2, 0) is 0 Å². The molecule has 2 fully saturated rings. The minimum absolute atomic E-state index is 0.00372. The molecule has 31 heavy (non-hydrogen) atoms. The Balaban J connectivity index is 1.78. The van der Waals surface area contributed by atoms with Crippen molar-refractivity contribution < 1.29 is 9.18 Å². The summed E-state index contributed by atoms with van der Waals surface area (Å²) in [5.41, 5.74) is 11.4. The molecular formula is C20H28FN7O3. The van der Waals surface area contributed by atoms with Crippen molar-refractivity contribution in [2.24, 2.45) is 23.3 Å². The van der Waals surface area contributed by atoms with Gasteiger partial charge in [0.15, 0.2) is 0 Å². The number of primary amides is 1. The first-order valence-corrected chi connectivity index (χ1v) is 10.4. The van der Waals surface area contributed by atoms with E-state index < -0.39 is 23.1 Å². The number of aromatic nitrogens is 2. The normalized spacial score (nSPS) is 22.1. The highest BCUT2D eigenvalue weighted by Gasteiger charge is 2.37. The van der Waals surface area contributed by atoms with Crippen molar-refractivity contribution in [1.29, 1.82) is 0 Å². The van der Waals surface area contributed by atoms with E-state index in [2.05, 4.69) is 5.32 Å². The number of aryl methyl sites for hydroxylation is 1. The van der Waals surface area contributed by atoms with Crippen LogP contribution >= 0.6 is 0 Å². The molecule has 2 aliphatic rings. The van der Waals surface area contributed by atoms with Crippen molar-refractivity contribution in [3.63, 3.8) is 0 Å². The second-order valence-corrected chi connectivity index (χ2v) is 8.74. The lowest BCUT2D eigenvalue weighted by molar-refractivity contribution is 0.246. The summed E-state index contributed by atoms with van der Waals surface area (Å²) in [4.78, 5) is 38.2. The number of nitrogens with zero attached hydrogens (tertiary/aromatic N) is 3. The average molecular weight is 433 g/mol. The van der Waals surface area contributed by atoms with E-state index in [-0.39, 0.29) is 35.9 Å². The van der Waals surface area contributed by atoms with Gasteiger partial charge in [0.1, 0.15) is 5.82 Å². The number of fused-ring (bicyclic) bond motifs is 1. The summed E-state index contributed by atoms with van der Waals surface area (Å²) in [5, 5.41) is 2.62. The van der Waals surface area contributed by atoms with Gasteiger partial charge in [-0.15, -0.1) is 0 Å². The number of benzene rings is 1. The number of rotatable bonds is 5. The second-order valence-electron chi connectivity index (χ2n) is 8.74. The molecule has 2 heterocycles. The molecule has 1 aromatic carbocycles. The summed E-state index contributed by atoms with van der Waals surface area (Å²) in [7, 11) is 0. The zero-order valence-electron chi connectivity index (χ0n) is 17.6. The fraction of sp³-hybridized carbons (Fsp3) is 0.550. The van der Waals surface area contributed by atoms with Crippen LogP contribution < -0.4 is 38.8 Å². The van der Waals surface area contributed by atoms with Crippen LogP contribution in [-0.4, -0.2) is 41.0 Å². The fourth-order valence-corrected chi connectivity index (χ4v) is 4.82. The molecule has 0 radical (unpaired) electrons. The minimum Gasteiger partial charge on any atom is -0.368 e. The highest BCUT2D eigenvalue weighted by Crippen LogP contribution is 2.40. The lowest BCUT2D eigenvalue weighted by Crippen LogP contribution is -2.46. The smallest absolute Gasteiger partial charge is 0.350 e. The van der Waals surface area contributed by atoms with E-state index in [0.717, 1.165) is 12.8 Å². The Kier molecular flexibility index (Phi) is 5.16. The summed E-state index contributed by atoms with van der Waals surface area (Å²) in [6.45, 7) is 5.02. The Morgan fingerprint density at radius 1 is 1.32 bits per heavy atom. The maximum Gasteiger partial charge on any atom is 0.350 e. The van der Waals surface area contributed by atoms with Crippen LogP contribution in [0.3, 0.4) is 0 Å². The summed E-state index contributed by atoms with van der Waals surface area (Å²) >= 11 is 0. The number of anilines is 1. The van der Waals surface area contributed by atoms with Gasteiger partial charge in [-0.05, 0) is 37.7 Å². The molecule has 3 atom stereocenters. The molecule has 1 aromatic heterocycles. The Morgan fingerprint density at radius 3 is 2.61 bits per heavy atom. The molecule has 168 valence electrons. The third kappa shape index (κ3) is 3.52. The number of urea groups is 1. The van der Waals surface area contributed by atoms with Gasteiger partial charge in [0.05, 0.1) is 16.6 Å². The number of carbonyl (C=O) groups excluding carboxylic acids is 1. The zero-order valence-corrected chi connectivity index (χ0v) is 17.6. The molecule has 1 unspecified atom stereocenters. The molecule has 0 bridgehead atoms. The fourth-order valence-electron chi connectivity index (χ4n) is 4.82. The summed E-state index contributed by atoms with van der Waals surface area (Å²) in [6, 6.07) is 0.151. The molecule has 2 amide bonds. The van der Waals surface area contributed by atoms with Crippen LogP contribution in [0.15, 0.2) is 15.7 Å². The van der Waals surface area contributed by atoms with Crippen LogP contribution in [0.2, 0.25) is 0 Å². The van der Waals surface area contributed by atoms with Gasteiger partial charge < -0.3 is 27.5 Å². The first-order chi connectivity index (χ1) is 14.6. The van der Waals surface area contributed by atoms with Crippen molar-refractivity contribution in [1.82, 2.24) is 14.6 Å². The lowest BCUT2D eigenvalue weighted by Gasteiger charge is -2.25. The molecule has 1 saturated heterocycles. The van der Waals surface area contributed by atoms with Gasteiger partial charge in [0.2, 0.25) is 0 Å². The molecular weight excluding hydrogens is 405 g/mol. The van der Waals surface area contributed by atoms with Gasteiger partial charge >= 0.3 is 11.7 Å². The molecule has 7 N–H and O–H groups in total. The Hall–Kier alpha value is -3.08. The minimum atomic E-state index is -0.710. The number of hydrogen-bond acceptors (Lipinski definition) is 6. The van der Waals surface area contributed by atoms with Gasteiger partial charge in [-0.25, -0.2) is 14.0 Å². The van der Waals surface area contributed by atoms with Gasteiger partial charge in [-0.2, -0.15) is 4.68 Å². The maximum absolute atomic E-state index is 15.3. The van der Waals surface area contributed by atoms with E-state index in [9.17, 15) is 14.4 Å². The molecule has 4 rings (SSSR count). The first kappa shape index (κ1) is 21.2. The van der Waals surface area contributed by atoms with Gasteiger partial charge in [0.25, 0.3) is 5.56 Å². The van der Waals surface area contributed by atoms with Crippen molar-refractivity contribution in [2.45, 2.75) is 38.8 Å². The van der Waals surface area contributed by atoms with E-state index in [0.29, 0.717) is 34.5 Å². The topological polar surface area (TPSA) is 154 Å². The molecule has 1 saturated carbocycles. The zero-order chi connectivity index (χ0) is 22.6. The van der Waals surface area contributed by atoms with Crippen LogP contribution in [0.4, 0.5) is 14.9 Å². The molecule has 10 nitrogen and oxygen atoms in total. The summed E-state index contributed by atoms with van der Waals surface area (Å²) in [6.07, 6.45) is 1.62. The van der Waals surface area contributed by atoms with E-state index in [1.54, 1.807) is 6.92 Å². The first-order valence-electron chi connectivity index (χ1n) is 10.4. The SMILES string of the molecule is Cc1c(N2C[C@H](C(N)CNC(N)=O)[C@@H](C)C2)c(F)cc2c(=O)n(N)c(=O)n(C3CC3)c12. The molecule has 1 aliphatic carbocycles. The number of hydrogen-bond donors (Lipinski definition) is 4. The number of carbonyl (C=O) groups is 1. The van der Waals surface area contributed by atoms with Crippen molar-refractivity contribution in [3.8, 4) is 0 Å². The Bertz CT molecular complexity index is 1170. The Morgan fingerprint density at radius 2 is 2.00 bits per heavy atom. The van der Waals surface area contributed by atoms with Crippen LogP contribution in [0.25, 0.3) is 10.9 Å². The summed E-state index contributed by atoms with van der Waals surface area (Å²) < 4.78 is 17.4. The number of nitrogens with two attached hydrogens (primary N) is 3. The van der Waals surface area contributed by atoms with E-state index in [4.69, 9.17) is 17.3 Å². The largest absolute Gasteiger partial charge is 0.368 e. The van der Waals surface area contributed by atoms with Crippen molar-refractivity contribution in [3.05, 3.63) is 38.3 Å². The highest BCUT2D eigenvalue weighted by atomic mass is 19.1. The van der Waals surface area contributed by atoms with Crippen LogP contribution in [0.1, 0.15) is 31.4 Å². The maximum atomic E-state index is 15.3. The van der Waals surface area contributed by atoms with Crippen molar-refractivity contribution >= 4 is 22.6 Å². The molecule has 2 aromatic rings. The quantitative estimate of drug-likeness (QED) is 0.476. The number of nitrogens with one attached hydrogen (secondary N) is 1. The third-order valence-electron chi connectivity index (χ3n) is 6.53. The number of amides is 2. The lowest BCUT2D eigenvalue weighted by atomic mass is 9.91. The van der Waals surface area contributed by atoms with Crippen molar-refractivity contribution in [2.75, 3.05) is 30.4 Å². The molecule has 11 heteroatoms. The van der Waals surface area contributed by atoms with Crippen LogP contribution in [0.5, 0.6) is 0 Å². The standard InChI is InChI=1S/C20H28FN7O3/c1-9-7-26(8-13(9)15(22)6-25-19(23)30)17-10(2)16-12(5-14(17)21)18(29)28(24)20(31)27(16)11-3-4-11/h5,9,11,13,15H,3-4,6-8,22,24H2,1-2H3,(H3,23,25,30)/t9-,13-,15?/m0/s1. The van der Waals surface area contributed by atoms with E-state index in [1.807, 2.05) is 11.8 Å². The Labute approximate surface area is 177 Å². The predicted molar refractivity (Wildman–Crippen MR) is 116 cm³/mol. The highest BCUT2D eigenvalue weighted by molar-refractivity contribution is 5.87. The predicted octanol–water partition coefficient (Wildman–Crippen LogP) is -0.273. The summed E-state index contributed by atoms with van der Waals surface area (Å²) in [5.74, 6) is 5.28. The molecule has 0 spiro atoms. The van der Waals surface area contributed by atoms with Gasteiger partial charge in [-0.1, -0.05) is 6.92 Å². The van der Waals surface area contributed by atoms with E-state index >= 15 is 4.39 Å².